The van der Waals surface area contributed by atoms with E-state index < -0.39 is 0 Å². The summed E-state index contributed by atoms with van der Waals surface area (Å²) in [6.45, 7) is 3.73. The van der Waals surface area contributed by atoms with Crippen molar-refractivity contribution >= 4 is 0 Å². The summed E-state index contributed by atoms with van der Waals surface area (Å²) in [5, 5.41) is 0. The van der Waals surface area contributed by atoms with Gasteiger partial charge in [0.25, 0.3) is 5.56 Å². The van der Waals surface area contributed by atoms with E-state index in [1.165, 1.54) is 17.8 Å². The number of rotatable bonds is 3. The van der Waals surface area contributed by atoms with Crippen molar-refractivity contribution in [1.82, 2.24) is 28.6 Å². The number of aryl methyl sites for hydroxylation is 2. The van der Waals surface area contributed by atoms with Crippen LogP contribution in [-0.4, -0.2) is 41.7 Å². The maximum absolute atomic E-state index is 13.2. The molecule has 0 spiro atoms. The van der Waals surface area contributed by atoms with E-state index in [2.05, 4.69) is 25.5 Å². The molecule has 0 saturated carbocycles. The predicted molar refractivity (Wildman–Crippen MR) is 102 cm³/mol. The SMILES string of the molecule is Cn1cncc1CN1C[C@@H]2C[C@H](C1)c1ccc(-c3nccn3C)c(=O)n1C2. The van der Waals surface area contributed by atoms with Crippen LogP contribution in [0.15, 0.2) is 41.8 Å². The van der Waals surface area contributed by atoms with Crippen LogP contribution in [0.5, 0.6) is 0 Å². The van der Waals surface area contributed by atoms with Crippen LogP contribution in [0, 0.1) is 5.92 Å². The minimum atomic E-state index is 0.0941. The largest absolute Gasteiger partial charge is 0.337 e. The number of aromatic nitrogens is 5. The van der Waals surface area contributed by atoms with Gasteiger partial charge in [-0.25, -0.2) is 9.97 Å². The Morgan fingerprint density at radius 1 is 1.15 bits per heavy atom. The molecule has 27 heavy (non-hydrogen) atoms. The molecule has 2 aliphatic heterocycles. The lowest BCUT2D eigenvalue weighted by Crippen LogP contribution is -2.47. The highest BCUT2D eigenvalue weighted by Crippen LogP contribution is 2.36. The molecule has 3 aromatic heterocycles. The molecule has 2 atom stereocenters. The Morgan fingerprint density at radius 3 is 2.78 bits per heavy atom. The van der Waals surface area contributed by atoms with Gasteiger partial charge in [-0.2, -0.15) is 0 Å². The Balaban J connectivity index is 1.46. The molecule has 2 aliphatic rings. The number of pyridine rings is 1. The fourth-order valence-corrected chi connectivity index (χ4v) is 4.74. The minimum Gasteiger partial charge on any atom is -0.337 e. The predicted octanol–water partition coefficient (Wildman–Crippen LogP) is 1.60. The fraction of sp³-hybridized carbons (Fsp3) is 0.450. The van der Waals surface area contributed by atoms with Crippen LogP contribution in [0.4, 0.5) is 0 Å². The molecule has 0 aromatic carbocycles. The Morgan fingerprint density at radius 2 is 2.04 bits per heavy atom. The molecule has 3 aromatic rings. The second kappa shape index (κ2) is 6.20. The van der Waals surface area contributed by atoms with Crippen LogP contribution in [0.2, 0.25) is 0 Å². The van der Waals surface area contributed by atoms with E-state index in [4.69, 9.17) is 0 Å². The standard InChI is InChI=1S/C20H24N6O/c1-23-6-5-22-19(23)17-3-4-18-15-7-14(10-26(18)20(17)27)9-25(11-15)12-16-8-21-13-24(16)2/h3-6,8,13-15H,7,9-12H2,1-2H3/t14-,15+/m0/s1. The van der Waals surface area contributed by atoms with Gasteiger partial charge in [0.1, 0.15) is 5.82 Å². The van der Waals surface area contributed by atoms with Crippen molar-refractivity contribution in [3.8, 4) is 11.4 Å². The van der Waals surface area contributed by atoms with Gasteiger partial charge in [-0.3, -0.25) is 9.69 Å². The Kier molecular flexibility index (Phi) is 3.79. The van der Waals surface area contributed by atoms with E-state index in [0.29, 0.717) is 17.4 Å². The van der Waals surface area contributed by atoms with Crippen LogP contribution in [-0.2, 0) is 27.2 Å². The molecular formula is C20H24N6O. The monoisotopic (exact) mass is 364 g/mol. The van der Waals surface area contributed by atoms with Gasteiger partial charge in [-0.15, -0.1) is 0 Å². The first-order valence-electron chi connectivity index (χ1n) is 9.49. The number of piperidine rings is 1. The smallest absolute Gasteiger partial charge is 0.261 e. The Labute approximate surface area is 157 Å². The van der Waals surface area contributed by atoms with Crippen LogP contribution in [0.25, 0.3) is 11.4 Å². The molecular weight excluding hydrogens is 340 g/mol. The molecule has 0 N–H and O–H groups in total. The second-order valence-electron chi connectivity index (χ2n) is 7.94. The normalized spacial score (nSPS) is 22.0. The third-order valence-electron chi connectivity index (χ3n) is 6.04. The highest BCUT2D eigenvalue weighted by molar-refractivity contribution is 5.54. The third-order valence-corrected chi connectivity index (χ3v) is 6.04. The lowest BCUT2D eigenvalue weighted by molar-refractivity contribution is 0.112. The van der Waals surface area contributed by atoms with E-state index in [0.717, 1.165) is 32.0 Å². The van der Waals surface area contributed by atoms with Crippen molar-refractivity contribution in [2.45, 2.75) is 25.4 Å². The van der Waals surface area contributed by atoms with Gasteiger partial charge in [0, 0.05) is 70.5 Å². The number of imidazole rings is 2. The van der Waals surface area contributed by atoms with E-state index >= 15 is 0 Å². The summed E-state index contributed by atoms with van der Waals surface area (Å²) in [6.07, 6.45) is 8.59. The van der Waals surface area contributed by atoms with Gasteiger partial charge in [0.2, 0.25) is 0 Å². The van der Waals surface area contributed by atoms with Crippen LogP contribution < -0.4 is 5.56 Å². The van der Waals surface area contributed by atoms with Gasteiger partial charge >= 0.3 is 0 Å². The molecule has 7 nitrogen and oxygen atoms in total. The quantitative estimate of drug-likeness (QED) is 0.708. The molecule has 0 aliphatic carbocycles. The highest BCUT2D eigenvalue weighted by Gasteiger charge is 2.35. The molecule has 140 valence electrons. The van der Waals surface area contributed by atoms with Crippen LogP contribution >= 0.6 is 0 Å². The number of fused-ring (bicyclic) bond motifs is 4. The number of likely N-dealkylation sites (tertiary alicyclic amines) is 1. The van der Waals surface area contributed by atoms with E-state index in [-0.39, 0.29) is 5.56 Å². The molecule has 1 fully saturated rings. The summed E-state index contributed by atoms with van der Waals surface area (Å²) < 4.78 is 6.00. The maximum atomic E-state index is 13.2. The van der Waals surface area contributed by atoms with Crippen molar-refractivity contribution in [2.75, 3.05) is 13.1 Å². The van der Waals surface area contributed by atoms with Gasteiger partial charge in [-0.05, 0) is 24.5 Å². The highest BCUT2D eigenvalue weighted by atomic mass is 16.1. The first kappa shape index (κ1) is 16.5. The summed E-state index contributed by atoms with van der Waals surface area (Å²) in [5.41, 5.74) is 3.19. The number of hydrogen-bond donors (Lipinski definition) is 0. The van der Waals surface area contributed by atoms with Crippen molar-refractivity contribution in [3.63, 3.8) is 0 Å². The summed E-state index contributed by atoms with van der Waals surface area (Å²) in [7, 11) is 3.97. The van der Waals surface area contributed by atoms with Crippen LogP contribution in [0.1, 0.15) is 23.7 Å². The molecule has 7 heteroatoms. The first-order chi connectivity index (χ1) is 13.1. The molecule has 0 radical (unpaired) electrons. The average Bonchev–Trinajstić information content (AvgIpc) is 3.24. The van der Waals surface area contributed by atoms with Crippen molar-refractivity contribution < 1.29 is 0 Å². The average molecular weight is 364 g/mol. The Hall–Kier alpha value is -2.67. The summed E-state index contributed by atoms with van der Waals surface area (Å²) in [5.74, 6) is 1.66. The topological polar surface area (TPSA) is 60.9 Å². The van der Waals surface area contributed by atoms with E-state index in [1.807, 2.05) is 48.0 Å². The molecule has 2 bridgehead atoms. The van der Waals surface area contributed by atoms with Gasteiger partial charge < -0.3 is 13.7 Å². The lowest BCUT2D eigenvalue weighted by atomic mass is 9.83. The summed E-state index contributed by atoms with van der Waals surface area (Å²) in [4.78, 5) is 24.3. The van der Waals surface area contributed by atoms with E-state index in [9.17, 15) is 4.79 Å². The van der Waals surface area contributed by atoms with Crippen LogP contribution in [0.3, 0.4) is 0 Å². The fourth-order valence-electron chi connectivity index (χ4n) is 4.74. The lowest BCUT2D eigenvalue weighted by Gasteiger charge is -2.42. The van der Waals surface area contributed by atoms with Gasteiger partial charge in [0.05, 0.1) is 17.6 Å². The summed E-state index contributed by atoms with van der Waals surface area (Å²) in [6, 6.07) is 4.09. The zero-order valence-corrected chi connectivity index (χ0v) is 15.7. The minimum absolute atomic E-state index is 0.0941. The molecule has 1 saturated heterocycles. The van der Waals surface area contributed by atoms with Crippen molar-refractivity contribution in [3.05, 3.63) is 58.8 Å². The molecule has 5 rings (SSSR count). The second-order valence-corrected chi connectivity index (χ2v) is 7.94. The first-order valence-corrected chi connectivity index (χ1v) is 9.49. The number of hydrogen-bond acceptors (Lipinski definition) is 4. The van der Waals surface area contributed by atoms with E-state index in [1.54, 1.807) is 6.20 Å². The molecule has 0 amide bonds. The molecule has 5 heterocycles. The zero-order valence-electron chi connectivity index (χ0n) is 15.7. The van der Waals surface area contributed by atoms with Crippen molar-refractivity contribution in [1.29, 1.82) is 0 Å². The molecule has 0 unspecified atom stereocenters. The third kappa shape index (κ3) is 2.73. The van der Waals surface area contributed by atoms with Crippen molar-refractivity contribution in [2.24, 2.45) is 20.0 Å². The summed E-state index contributed by atoms with van der Waals surface area (Å²) >= 11 is 0. The Bertz CT molecular complexity index is 1040. The van der Waals surface area contributed by atoms with Gasteiger partial charge in [0.15, 0.2) is 0 Å². The number of nitrogens with zero attached hydrogens (tertiary/aromatic N) is 6. The maximum Gasteiger partial charge on any atom is 0.261 e. The van der Waals surface area contributed by atoms with Gasteiger partial charge in [-0.1, -0.05) is 0 Å². The zero-order chi connectivity index (χ0) is 18.5.